The highest BCUT2D eigenvalue weighted by Gasteiger charge is 2.44. The second kappa shape index (κ2) is 7.64. The summed E-state index contributed by atoms with van der Waals surface area (Å²) in [5, 5.41) is 0. The molecule has 1 aliphatic carbocycles. The minimum absolute atomic E-state index is 0.0383. The van der Waals surface area contributed by atoms with E-state index < -0.39 is 0 Å². The first kappa shape index (κ1) is 19.5. The van der Waals surface area contributed by atoms with Gasteiger partial charge in [0.15, 0.2) is 0 Å². The van der Waals surface area contributed by atoms with Crippen molar-refractivity contribution in [2.75, 3.05) is 26.0 Å². The van der Waals surface area contributed by atoms with E-state index in [2.05, 4.69) is 29.4 Å². The van der Waals surface area contributed by atoms with Gasteiger partial charge in [-0.15, -0.1) is 23.1 Å². The standard InChI is InChI=1S/C23H28N2O2S2/c1-28-22-17-5-3-2-4-16(17)20(29-22)21(26)25-10-8-23(9-11-25)14-27-19-7-6-15(13-24)12-18(19)23/h6-7,12H,2-5,8-11,13-14,24H2,1H3. The number of nitrogens with two attached hydrogens (primary N) is 1. The van der Waals surface area contributed by atoms with Crippen LogP contribution in [0.1, 0.15) is 57.6 Å². The van der Waals surface area contributed by atoms with Gasteiger partial charge in [0.1, 0.15) is 5.75 Å². The number of rotatable bonds is 3. The fourth-order valence-electron chi connectivity index (χ4n) is 5.17. The Bertz CT molecular complexity index is 945. The lowest BCUT2D eigenvalue weighted by atomic mass is 9.74. The number of fused-ring (bicyclic) bond motifs is 3. The molecule has 1 amide bonds. The molecule has 0 radical (unpaired) electrons. The molecule has 0 atom stereocenters. The maximum absolute atomic E-state index is 13.4. The van der Waals surface area contributed by atoms with E-state index in [9.17, 15) is 4.79 Å². The first-order valence-electron chi connectivity index (χ1n) is 10.6. The minimum atomic E-state index is 0.0383. The van der Waals surface area contributed by atoms with Gasteiger partial charge in [-0.05, 0) is 67.5 Å². The van der Waals surface area contributed by atoms with Crippen molar-refractivity contribution < 1.29 is 9.53 Å². The van der Waals surface area contributed by atoms with Crippen molar-refractivity contribution in [3.05, 3.63) is 45.3 Å². The van der Waals surface area contributed by atoms with Crippen LogP contribution in [0.5, 0.6) is 5.75 Å². The third-order valence-corrected chi connectivity index (χ3v) is 9.35. The highest BCUT2D eigenvalue weighted by atomic mass is 32.2. The number of likely N-dealkylation sites (tertiary alicyclic amines) is 1. The molecule has 29 heavy (non-hydrogen) atoms. The van der Waals surface area contributed by atoms with Crippen LogP contribution >= 0.6 is 23.1 Å². The molecule has 1 aromatic carbocycles. The first-order valence-corrected chi connectivity index (χ1v) is 12.6. The highest BCUT2D eigenvalue weighted by molar-refractivity contribution is 8.00. The number of amides is 1. The van der Waals surface area contributed by atoms with E-state index >= 15 is 0 Å². The fourth-order valence-corrected chi connectivity index (χ4v) is 7.32. The molecule has 154 valence electrons. The number of piperidine rings is 1. The molecule has 3 heterocycles. The Kier molecular flexibility index (Phi) is 5.13. The lowest BCUT2D eigenvalue weighted by molar-refractivity contribution is 0.0650. The summed E-state index contributed by atoms with van der Waals surface area (Å²) in [6, 6.07) is 6.34. The predicted octanol–water partition coefficient (Wildman–Crippen LogP) is 4.37. The molecule has 6 heteroatoms. The molecular weight excluding hydrogens is 400 g/mol. The molecule has 0 saturated carbocycles. The van der Waals surface area contributed by atoms with Crippen molar-refractivity contribution >= 4 is 29.0 Å². The Morgan fingerprint density at radius 1 is 1.24 bits per heavy atom. The van der Waals surface area contributed by atoms with Crippen molar-refractivity contribution in [3.63, 3.8) is 0 Å². The van der Waals surface area contributed by atoms with Gasteiger partial charge in [-0.3, -0.25) is 4.79 Å². The number of hydrogen-bond donors (Lipinski definition) is 1. The summed E-state index contributed by atoms with van der Waals surface area (Å²) in [6.45, 7) is 2.88. The van der Waals surface area contributed by atoms with Crippen LogP contribution in [0.15, 0.2) is 22.4 Å². The Labute approximate surface area is 180 Å². The van der Waals surface area contributed by atoms with Crippen molar-refractivity contribution in [2.24, 2.45) is 5.73 Å². The number of thiophene rings is 1. The van der Waals surface area contributed by atoms with Crippen molar-refractivity contribution in [1.29, 1.82) is 0 Å². The van der Waals surface area contributed by atoms with E-state index in [4.69, 9.17) is 10.5 Å². The number of carbonyl (C=O) groups excluding carboxylic acids is 1. The first-order chi connectivity index (χ1) is 14.1. The normalized spacial score (nSPS) is 19.7. The summed E-state index contributed by atoms with van der Waals surface area (Å²) in [7, 11) is 0. The molecule has 2 N–H and O–H groups in total. The summed E-state index contributed by atoms with van der Waals surface area (Å²) in [6.07, 6.45) is 8.71. The monoisotopic (exact) mass is 428 g/mol. The lowest BCUT2D eigenvalue weighted by Gasteiger charge is -2.38. The third-order valence-electron chi connectivity index (χ3n) is 6.93. The van der Waals surface area contributed by atoms with E-state index in [0.29, 0.717) is 6.54 Å². The van der Waals surface area contributed by atoms with Crippen LogP contribution in [0.4, 0.5) is 0 Å². The fraction of sp³-hybridized carbons (Fsp3) is 0.522. The average molecular weight is 429 g/mol. The molecular formula is C23H28N2O2S2. The second-order valence-corrected chi connectivity index (χ2v) is 10.6. The van der Waals surface area contributed by atoms with Crippen molar-refractivity contribution in [2.45, 2.75) is 54.7 Å². The maximum atomic E-state index is 13.4. The molecule has 0 bridgehead atoms. The average Bonchev–Trinajstić information content (AvgIpc) is 3.32. The highest BCUT2D eigenvalue weighted by Crippen LogP contribution is 2.46. The van der Waals surface area contributed by atoms with Crippen LogP contribution in [0.3, 0.4) is 0 Å². The van der Waals surface area contributed by atoms with E-state index in [1.807, 2.05) is 0 Å². The quantitative estimate of drug-likeness (QED) is 0.738. The van der Waals surface area contributed by atoms with Gasteiger partial charge in [0.05, 0.1) is 15.7 Å². The van der Waals surface area contributed by atoms with Gasteiger partial charge < -0.3 is 15.4 Å². The number of ether oxygens (including phenoxy) is 1. The summed E-state index contributed by atoms with van der Waals surface area (Å²) in [4.78, 5) is 16.5. The topological polar surface area (TPSA) is 55.6 Å². The molecule has 4 nitrogen and oxygen atoms in total. The Balaban J connectivity index is 1.36. The lowest BCUT2D eigenvalue weighted by Crippen LogP contribution is -2.46. The van der Waals surface area contributed by atoms with Crippen LogP contribution in [0.2, 0.25) is 0 Å². The van der Waals surface area contributed by atoms with Gasteiger partial charge in [-0.2, -0.15) is 0 Å². The second-order valence-electron chi connectivity index (χ2n) is 8.48. The van der Waals surface area contributed by atoms with Gasteiger partial charge in [0, 0.05) is 30.6 Å². The van der Waals surface area contributed by atoms with Gasteiger partial charge in [0.2, 0.25) is 0 Å². The number of thioether (sulfide) groups is 1. The Morgan fingerprint density at radius 3 is 2.72 bits per heavy atom. The van der Waals surface area contributed by atoms with Crippen molar-refractivity contribution in [3.8, 4) is 5.75 Å². The zero-order valence-electron chi connectivity index (χ0n) is 17.0. The van der Waals surface area contributed by atoms with Crippen LogP contribution in [-0.4, -0.2) is 36.8 Å². The van der Waals surface area contributed by atoms with Gasteiger partial charge in [0.25, 0.3) is 5.91 Å². The maximum Gasteiger partial charge on any atom is 0.264 e. The Hall–Kier alpha value is -1.50. The number of benzene rings is 1. The molecule has 1 aromatic heterocycles. The molecule has 1 fully saturated rings. The molecule has 1 saturated heterocycles. The van der Waals surface area contributed by atoms with Gasteiger partial charge >= 0.3 is 0 Å². The smallest absolute Gasteiger partial charge is 0.264 e. The Morgan fingerprint density at radius 2 is 2.00 bits per heavy atom. The minimum Gasteiger partial charge on any atom is -0.492 e. The van der Waals surface area contributed by atoms with Crippen LogP contribution < -0.4 is 10.5 Å². The SMILES string of the molecule is CSc1sc(C(=O)N2CCC3(CC2)COc2ccc(CN)cc23)c2c1CCCC2. The number of carbonyl (C=O) groups is 1. The number of nitrogens with zero attached hydrogens (tertiary/aromatic N) is 1. The molecule has 0 unspecified atom stereocenters. The molecule has 5 rings (SSSR count). The van der Waals surface area contributed by atoms with Crippen molar-refractivity contribution in [1.82, 2.24) is 4.90 Å². The zero-order valence-corrected chi connectivity index (χ0v) is 18.6. The summed E-state index contributed by atoms with van der Waals surface area (Å²) in [5.74, 6) is 1.25. The largest absolute Gasteiger partial charge is 0.492 e. The summed E-state index contributed by atoms with van der Waals surface area (Å²) >= 11 is 3.53. The van der Waals surface area contributed by atoms with E-state index in [-0.39, 0.29) is 11.3 Å². The van der Waals surface area contributed by atoms with Crippen LogP contribution in [0.25, 0.3) is 0 Å². The third kappa shape index (κ3) is 3.20. The zero-order chi connectivity index (χ0) is 20.0. The number of hydrogen-bond acceptors (Lipinski definition) is 5. The molecule has 2 aromatic rings. The van der Waals surface area contributed by atoms with Gasteiger partial charge in [-0.25, -0.2) is 0 Å². The van der Waals surface area contributed by atoms with E-state index in [1.165, 1.54) is 33.7 Å². The molecule has 2 aliphatic heterocycles. The summed E-state index contributed by atoms with van der Waals surface area (Å²) in [5.41, 5.74) is 11.2. The molecule has 1 spiro atoms. The van der Waals surface area contributed by atoms with Gasteiger partial charge in [-0.1, -0.05) is 12.1 Å². The molecule has 3 aliphatic rings. The van der Waals surface area contributed by atoms with Crippen LogP contribution in [0, 0.1) is 0 Å². The van der Waals surface area contributed by atoms with Crippen LogP contribution in [-0.2, 0) is 24.8 Å². The van der Waals surface area contributed by atoms with E-state index in [1.54, 1.807) is 23.1 Å². The van der Waals surface area contributed by atoms with E-state index in [0.717, 1.165) is 61.6 Å². The summed E-state index contributed by atoms with van der Waals surface area (Å²) < 4.78 is 7.37. The predicted molar refractivity (Wildman–Crippen MR) is 119 cm³/mol.